The van der Waals surface area contributed by atoms with Crippen LogP contribution < -0.4 is 10.1 Å². The number of carbonyl (C=O) groups excluding carboxylic acids is 2. The molecule has 0 aliphatic heterocycles. The van der Waals surface area contributed by atoms with Crippen molar-refractivity contribution in [1.82, 2.24) is 4.98 Å². The first-order valence-corrected chi connectivity index (χ1v) is 5.22. The maximum Gasteiger partial charge on any atom is 0.298 e. The van der Waals surface area contributed by atoms with Crippen LogP contribution in [0.4, 0.5) is 5.69 Å². The van der Waals surface area contributed by atoms with Crippen molar-refractivity contribution >= 4 is 18.1 Å². The van der Waals surface area contributed by atoms with E-state index in [0.717, 1.165) is 0 Å². The smallest absolute Gasteiger partial charge is 0.298 e. The first-order chi connectivity index (χ1) is 8.79. The molecular weight excluding hydrogens is 232 g/mol. The number of nitrogens with one attached hydrogen (secondary N) is 1. The van der Waals surface area contributed by atoms with Crippen molar-refractivity contribution < 1.29 is 14.3 Å². The number of nitrogens with zero attached hydrogens (tertiary/aromatic N) is 1. The Labute approximate surface area is 103 Å². The molecule has 0 bridgehead atoms. The molecule has 0 radical (unpaired) electrons. The van der Waals surface area contributed by atoms with Crippen molar-refractivity contribution in [2.75, 3.05) is 5.32 Å². The van der Waals surface area contributed by atoms with Gasteiger partial charge in [0, 0.05) is 11.9 Å². The molecule has 0 spiro atoms. The molecule has 5 nitrogen and oxygen atoms in total. The van der Waals surface area contributed by atoms with Crippen LogP contribution in [0.3, 0.4) is 0 Å². The van der Waals surface area contributed by atoms with Gasteiger partial charge in [0.15, 0.2) is 0 Å². The lowest BCUT2D eigenvalue weighted by molar-refractivity contribution is -0.120. The second kappa shape index (κ2) is 5.58. The van der Waals surface area contributed by atoms with E-state index in [9.17, 15) is 9.59 Å². The van der Waals surface area contributed by atoms with Gasteiger partial charge in [-0.2, -0.15) is 0 Å². The van der Waals surface area contributed by atoms with Gasteiger partial charge in [0.05, 0.1) is 0 Å². The number of carbonyl (C=O) groups is 2. The fourth-order valence-corrected chi connectivity index (χ4v) is 1.36. The summed E-state index contributed by atoms with van der Waals surface area (Å²) in [6.45, 7) is 0.349. The summed E-state index contributed by atoms with van der Waals surface area (Å²) < 4.78 is 4.64. The quantitative estimate of drug-likeness (QED) is 0.831. The molecular formula is C13H10N2O3. The Kier molecular flexibility index (Phi) is 3.66. The molecule has 0 saturated carbocycles. The van der Waals surface area contributed by atoms with Gasteiger partial charge >= 0.3 is 0 Å². The zero-order valence-corrected chi connectivity index (χ0v) is 9.37. The van der Waals surface area contributed by atoms with Gasteiger partial charge in [-0.3, -0.25) is 14.6 Å². The average molecular weight is 242 g/mol. The van der Waals surface area contributed by atoms with Gasteiger partial charge in [0.25, 0.3) is 12.4 Å². The number of ether oxygens (including phenoxy) is 1. The van der Waals surface area contributed by atoms with Crippen LogP contribution in [0, 0.1) is 0 Å². The zero-order chi connectivity index (χ0) is 12.8. The number of rotatable bonds is 4. The van der Waals surface area contributed by atoms with Crippen LogP contribution in [0.1, 0.15) is 10.5 Å². The molecule has 1 amide bonds. The van der Waals surface area contributed by atoms with Gasteiger partial charge in [-0.1, -0.05) is 6.07 Å². The molecule has 1 N–H and O–H groups in total. The maximum atomic E-state index is 11.8. The minimum atomic E-state index is -0.292. The average Bonchev–Trinajstić information content (AvgIpc) is 2.42. The Bertz CT molecular complexity index is 538. The van der Waals surface area contributed by atoms with E-state index in [4.69, 9.17) is 0 Å². The van der Waals surface area contributed by atoms with Crippen molar-refractivity contribution in [2.24, 2.45) is 0 Å². The molecule has 2 rings (SSSR count). The van der Waals surface area contributed by atoms with Crippen LogP contribution in [0.15, 0.2) is 48.7 Å². The van der Waals surface area contributed by atoms with E-state index in [2.05, 4.69) is 15.0 Å². The van der Waals surface area contributed by atoms with Crippen molar-refractivity contribution in [3.63, 3.8) is 0 Å². The number of hydrogen-bond donors (Lipinski definition) is 1. The zero-order valence-electron chi connectivity index (χ0n) is 9.37. The molecule has 2 aromatic rings. The lowest BCUT2D eigenvalue weighted by Crippen LogP contribution is -2.13. The maximum absolute atomic E-state index is 11.8. The molecule has 0 aliphatic rings. The molecule has 1 aromatic carbocycles. The Morgan fingerprint density at radius 2 is 1.94 bits per heavy atom. The van der Waals surface area contributed by atoms with E-state index in [1.807, 2.05) is 0 Å². The molecule has 18 heavy (non-hydrogen) atoms. The van der Waals surface area contributed by atoms with Gasteiger partial charge in [-0.15, -0.1) is 0 Å². The molecule has 0 fully saturated rings. The third-order valence-electron chi connectivity index (χ3n) is 2.19. The largest absolute Gasteiger partial charge is 0.429 e. The van der Waals surface area contributed by atoms with Crippen LogP contribution in [0.5, 0.6) is 5.75 Å². The van der Waals surface area contributed by atoms with E-state index < -0.39 is 0 Å². The number of aromatic nitrogens is 1. The summed E-state index contributed by atoms with van der Waals surface area (Å²) in [5.41, 5.74) is 0.939. The van der Waals surface area contributed by atoms with E-state index in [1.54, 1.807) is 48.7 Å². The highest BCUT2D eigenvalue weighted by Crippen LogP contribution is 2.15. The van der Waals surface area contributed by atoms with Crippen molar-refractivity contribution in [3.8, 4) is 5.75 Å². The van der Waals surface area contributed by atoms with Crippen molar-refractivity contribution in [2.45, 2.75) is 0 Å². The molecule has 1 heterocycles. The number of hydrogen-bond acceptors (Lipinski definition) is 4. The highest BCUT2D eigenvalue weighted by molar-refractivity contribution is 6.02. The molecule has 90 valence electrons. The SMILES string of the molecule is O=COc1ccc(NC(=O)c2ccccn2)cc1. The summed E-state index contributed by atoms with van der Waals surface area (Å²) in [5.74, 6) is 0.125. The predicted molar refractivity (Wildman–Crippen MR) is 65.3 cm³/mol. The first kappa shape index (κ1) is 11.8. The Morgan fingerprint density at radius 1 is 1.17 bits per heavy atom. The van der Waals surface area contributed by atoms with Gasteiger partial charge < -0.3 is 10.1 Å². The van der Waals surface area contributed by atoms with E-state index in [0.29, 0.717) is 23.6 Å². The summed E-state index contributed by atoms with van der Waals surface area (Å²) in [5, 5.41) is 2.68. The summed E-state index contributed by atoms with van der Waals surface area (Å²) in [6, 6.07) is 11.6. The third kappa shape index (κ3) is 2.91. The van der Waals surface area contributed by atoms with Gasteiger partial charge in [0.1, 0.15) is 11.4 Å². The monoisotopic (exact) mass is 242 g/mol. The highest BCUT2D eigenvalue weighted by Gasteiger charge is 2.06. The summed E-state index contributed by atoms with van der Waals surface area (Å²) in [6.07, 6.45) is 1.55. The fourth-order valence-electron chi connectivity index (χ4n) is 1.36. The Balaban J connectivity index is 2.05. The molecule has 5 heteroatoms. The number of anilines is 1. The lowest BCUT2D eigenvalue weighted by atomic mass is 10.3. The molecule has 0 unspecified atom stereocenters. The van der Waals surface area contributed by atoms with Crippen molar-refractivity contribution in [1.29, 1.82) is 0 Å². The topological polar surface area (TPSA) is 68.3 Å². The highest BCUT2D eigenvalue weighted by atomic mass is 16.5. The van der Waals surface area contributed by atoms with E-state index in [-0.39, 0.29) is 5.91 Å². The fraction of sp³-hybridized carbons (Fsp3) is 0. The van der Waals surface area contributed by atoms with Gasteiger partial charge in [-0.05, 0) is 36.4 Å². The lowest BCUT2D eigenvalue weighted by Gasteiger charge is -2.05. The molecule has 0 aliphatic carbocycles. The second-order valence-electron chi connectivity index (χ2n) is 3.41. The Morgan fingerprint density at radius 3 is 2.56 bits per heavy atom. The molecule has 1 aromatic heterocycles. The van der Waals surface area contributed by atoms with E-state index >= 15 is 0 Å². The molecule has 0 atom stereocenters. The summed E-state index contributed by atoms with van der Waals surface area (Å²) in [7, 11) is 0. The first-order valence-electron chi connectivity index (χ1n) is 5.22. The van der Waals surface area contributed by atoms with Crippen LogP contribution in [0.25, 0.3) is 0 Å². The van der Waals surface area contributed by atoms with Crippen LogP contribution in [-0.2, 0) is 4.79 Å². The normalized spacial score (nSPS) is 9.56. The predicted octanol–water partition coefficient (Wildman–Crippen LogP) is 1.87. The van der Waals surface area contributed by atoms with Crippen LogP contribution in [0.2, 0.25) is 0 Å². The van der Waals surface area contributed by atoms with E-state index in [1.165, 1.54) is 0 Å². The van der Waals surface area contributed by atoms with Crippen LogP contribution >= 0.6 is 0 Å². The summed E-state index contributed by atoms with van der Waals surface area (Å²) >= 11 is 0. The minimum absolute atomic E-state index is 0.292. The number of benzene rings is 1. The third-order valence-corrected chi connectivity index (χ3v) is 2.19. The van der Waals surface area contributed by atoms with Gasteiger partial charge in [-0.25, -0.2) is 0 Å². The van der Waals surface area contributed by atoms with Gasteiger partial charge in [0.2, 0.25) is 0 Å². The minimum Gasteiger partial charge on any atom is -0.429 e. The summed E-state index contributed by atoms with van der Waals surface area (Å²) in [4.78, 5) is 25.8. The van der Waals surface area contributed by atoms with Crippen LogP contribution in [-0.4, -0.2) is 17.4 Å². The standard InChI is InChI=1S/C13H10N2O3/c16-9-18-11-6-4-10(5-7-11)15-13(17)12-3-1-2-8-14-12/h1-9H,(H,15,17). The Hall–Kier alpha value is -2.69. The number of pyridine rings is 1. The number of amides is 1. The van der Waals surface area contributed by atoms with Crippen molar-refractivity contribution in [3.05, 3.63) is 54.4 Å². The molecule has 0 saturated heterocycles. The second-order valence-corrected chi connectivity index (χ2v) is 3.41.